The van der Waals surface area contributed by atoms with Crippen molar-refractivity contribution in [1.29, 1.82) is 0 Å². The molecule has 0 aliphatic rings. The number of hydrogen-bond acceptors (Lipinski definition) is 2. The third kappa shape index (κ3) is 4.05. The monoisotopic (exact) mass is 301 g/mol. The van der Waals surface area contributed by atoms with Crippen molar-refractivity contribution in [2.45, 2.75) is 13.0 Å². The van der Waals surface area contributed by atoms with Gasteiger partial charge in [0, 0.05) is 11.1 Å². The molecule has 0 fully saturated rings. The van der Waals surface area contributed by atoms with E-state index < -0.39 is 23.8 Å². The van der Waals surface area contributed by atoms with E-state index >= 15 is 0 Å². The van der Waals surface area contributed by atoms with E-state index in [0.717, 1.165) is 0 Å². The highest BCUT2D eigenvalue weighted by atomic mass is 19.1. The fourth-order valence-corrected chi connectivity index (χ4v) is 1.91. The molecule has 0 saturated carbocycles. The zero-order valence-corrected chi connectivity index (χ0v) is 12.0. The largest absolute Gasteiger partial charge is 0.333 e. The number of urea groups is 1. The molecule has 22 heavy (non-hydrogen) atoms. The standard InChI is InChI=1S/C16H16FN3O2/c1-11(13-9-5-6-10-14(13)17)18-16(22)20-19-15(21)12-7-3-2-4-8-12/h2-11H,1H3,(H,19,21)(H2,18,20,22)/t11-/m1/s1. The highest BCUT2D eigenvalue weighted by Gasteiger charge is 2.13. The molecule has 0 unspecified atom stereocenters. The van der Waals surface area contributed by atoms with Crippen LogP contribution in [0.15, 0.2) is 54.6 Å². The van der Waals surface area contributed by atoms with Crippen LogP contribution in [0.4, 0.5) is 9.18 Å². The number of hydrogen-bond donors (Lipinski definition) is 3. The van der Waals surface area contributed by atoms with Crippen LogP contribution in [0.25, 0.3) is 0 Å². The summed E-state index contributed by atoms with van der Waals surface area (Å²) in [6.45, 7) is 1.65. The van der Waals surface area contributed by atoms with Crippen molar-refractivity contribution >= 4 is 11.9 Å². The first-order valence-corrected chi connectivity index (χ1v) is 6.74. The average Bonchev–Trinajstić information content (AvgIpc) is 2.53. The van der Waals surface area contributed by atoms with Gasteiger partial charge in [0.15, 0.2) is 0 Å². The lowest BCUT2D eigenvalue weighted by molar-refractivity contribution is 0.0936. The molecule has 3 amide bonds. The second kappa shape index (κ2) is 7.21. The lowest BCUT2D eigenvalue weighted by Crippen LogP contribution is -2.47. The Morgan fingerprint density at radius 1 is 0.955 bits per heavy atom. The first kappa shape index (κ1) is 15.5. The van der Waals surface area contributed by atoms with Crippen LogP contribution in [0.5, 0.6) is 0 Å². The van der Waals surface area contributed by atoms with Gasteiger partial charge in [-0.3, -0.25) is 10.2 Å². The highest BCUT2D eigenvalue weighted by molar-refractivity contribution is 5.95. The first-order chi connectivity index (χ1) is 10.6. The molecule has 0 radical (unpaired) electrons. The van der Waals surface area contributed by atoms with Crippen LogP contribution in [0.1, 0.15) is 28.9 Å². The van der Waals surface area contributed by atoms with E-state index in [2.05, 4.69) is 16.2 Å². The van der Waals surface area contributed by atoms with Gasteiger partial charge in [-0.2, -0.15) is 0 Å². The molecular weight excluding hydrogens is 285 g/mol. The topological polar surface area (TPSA) is 70.2 Å². The number of nitrogens with one attached hydrogen (secondary N) is 3. The van der Waals surface area contributed by atoms with Crippen molar-refractivity contribution in [2.24, 2.45) is 0 Å². The number of amides is 3. The molecule has 5 nitrogen and oxygen atoms in total. The average molecular weight is 301 g/mol. The molecule has 2 aromatic rings. The molecule has 2 aromatic carbocycles. The van der Waals surface area contributed by atoms with Crippen LogP contribution in [0.2, 0.25) is 0 Å². The van der Waals surface area contributed by atoms with E-state index in [1.54, 1.807) is 55.5 Å². The van der Waals surface area contributed by atoms with Crippen LogP contribution in [-0.4, -0.2) is 11.9 Å². The molecule has 0 aromatic heterocycles. The van der Waals surface area contributed by atoms with Gasteiger partial charge in [-0.05, 0) is 25.1 Å². The van der Waals surface area contributed by atoms with Crippen molar-refractivity contribution in [3.8, 4) is 0 Å². The number of hydrazine groups is 1. The Hall–Kier alpha value is -2.89. The fraction of sp³-hybridized carbons (Fsp3) is 0.125. The normalized spacial score (nSPS) is 11.4. The third-order valence-corrected chi connectivity index (χ3v) is 3.04. The molecule has 0 saturated heterocycles. The van der Waals surface area contributed by atoms with Crippen LogP contribution in [0.3, 0.4) is 0 Å². The second-order valence-electron chi connectivity index (χ2n) is 4.66. The third-order valence-electron chi connectivity index (χ3n) is 3.04. The Kier molecular flexibility index (Phi) is 5.08. The lowest BCUT2D eigenvalue weighted by atomic mass is 10.1. The number of halogens is 1. The van der Waals surface area contributed by atoms with Gasteiger partial charge in [-0.25, -0.2) is 14.6 Å². The van der Waals surface area contributed by atoms with Gasteiger partial charge in [0.1, 0.15) is 5.82 Å². The molecular formula is C16H16FN3O2. The van der Waals surface area contributed by atoms with Gasteiger partial charge >= 0.3 is 6.03 Å². The first-order valence-electron chi connectivity index (χ1n) is 6.74. The fourth-order valence-electron chi connectivity index (χ4n) is 1.91. The quantitative estimate of drug-likeness (QED) is 0.762. The van der Waals surface area contributed by atoms with Crippen molar-refractivity contribution in [3.63, 3.8) is 0 Å². The lowest BCUT2D eigenvalue weighted by Gasteiger charge is -2.16. The van der Waals surface area contributed by atoms with Crippen molar-refractivity contribution in [3.05, 3.63) is 71.5 Å². The minimum Gasteiger partial charge on any atom is -0.330 e. The summed E-state index contributed by atoms with van der Waals surface area (Å²) in [5, 5.41) is 2.54. The molecule has 0 heterocycles. The Morgan fingerprint density at radius 2 is 1.59 bits per heavy atom. The van der Waals surface area contributed by atoms with E-state index in [4.69, 9.17) is 0 Å². The van der Waals surface area contributed by atoms with Gasteiger partial charge in [0.2, 0.25) is 0 Å². The number of carbonyl (C=O) groups excluding carboxylic acids is 2. The van der Waals surface area contributed by atoms with Crippen LogP contribution in [-0.2, 0) is 0 Å². The smallest absolute Gasteiger partial charge is 0.330 e. The number of rotatable bonds is 3. The Labute approximate surface area is 127 Å². The van der Waals surface area contributed by atoms with Crippen molar-refractivity contribution in [2.75, 3.05) is 0 Å². The predicted molar refractivity (Wildman–Crippen MR) is 80.4 cm³/mol. The van der Waals surface area contributed by atoms with Gasteiger partial charge in [0.25, 0.3) is 5.91 Å². The van der Waals surface area contributed by atoms with Crippen molar-refractivity contribution < 1.29 is 14.0 Å². The molecule has 0 aliphatic carbocycles. The second-order valence-corrected chi connectivity index (χ2v) is 4.66. The Bertz CT molecular complexity index is 661. The van der Waals surface area contributed by atoms with Gasteiger partial charge < -0.3 is 5.32 Å². The van der Waals surface area contributed by atoms with E-state index in [9.17, 15) is 14.0 Å². The van der Waals surface area contributed by atoms with E-state index in [0.29, 0.717) is 11.1 Å². The number of carbonyl (C=O) groups is 2. The van der Waals surface area contributed by atoms with Gasteiger partial charge in [-0.1, -0.05) is 36.4 Å². The summed E-state index contributed by atoms with van der Waals surface area (Å²) in [7, 11) is 0. The van der Waals surface area contributed by atoms with Gasteiger partial charge in [-0.15, -0.1) is 0 Å². The molecule has 0 bridgehead atoms. The molecule has 114 valence electrons. The Morgan fingerprint density at radius 3 is 2.27 bits per heavy atom. The molecule has 1 atom stereocenters. The van der Waals surface area contributed by atoms with Crippen LogP contribution < -0.4 is 16.2 Å². The maximum atomic E-state index is 13.6. The van der Waals surface area contributed by atoms with Crippen LogP contribution in [0, 0.1) is 5.82 Å². The highest BCUT2D eigenvalue weighted by Crippen LogP contribution is 2.15. The zero-order chi connectivity index (χ0) is 15.9. The summed E-state index contributed by atoms with van der Waals surface area (Å²) < 4.78 is 13.6. The molecule has 0 spiro atoms. The summed E-state index contributed by atoms with van der Waals surface area (Å²) in [4.78, 5) is 23.5. The van der Waals surface area contributed by atoms with Crippen molar-refractivity contribution in [1.82, 2.24) is 16.2 Å². The molecule has 2 rings (SSSR count). The van der Waals surface area contributed by atoms with E-state index in [-0.39, 0.29) is 0 Å². The molecule has 6 heteroatoms. The SMILES string of the molecule is C[C@@H](NC(=O)NNC(=O)c1ccccc1)c1ccccc1F. The van der Waals surface area contributed by atoms with Gasteiger partial charge in [0.05, 0.1) is 6.04 Å². The maximum Gasteiger partial charge on any atom is 0.333 e. The zero-order valence-electron chi connectivity index (χ0n) is 12.0. The van der Waals surface area contributed by atoms with E-state index in [1.165, 1.54) is 6.07 Å². The minimum atomic E-state index is -0.625. The summed E-state index contributed by atoms with van der Waals surface area (Å²) in [6.07, 6.45) is 0. The predicted octanol–water partition coefficient (Wildman–Crippen LogP) is 2.53. The minimum absolute atomic E-state index is 0.368. The summed E-state index contributed by atoms with van der Waals surface area (Å²) >= 11 is 0. The molecule has 0 aliphatic heterocycles. The summed E-state index contributed by atoms with van der Waals surface area (Å²) in [5.74, 6) is -0.835. The maximum absolute atomic E-state index is 13.6. The number of benzene rings is 2. The van der Waals surface area contributed by atoms with Crippen LogP contribution >= 0.6 is 0 Å². The Balaban J connectivity index is 1.86. The van der Waals surface area contributed by atoms with E-state index in [1.807, 2.05) is 0 Å². The summed E-state index contributed by atoms with van der Waals surface area (Å²) in [5.41, 5.74) is 5.29. The molecule has 3 N–H and O–H groups in total. The summed E-state index contributed by atoms with van der Waals surface area (Å²) in [6, 6.07) is 13.5.